The molecule has 0 fully saturated rings. The maximum absolute atomic E-state index is 10.1. The number of carbonyl (C=O) groups excluding carboxylic acids is 2. The van der Waals surface area contributed by atoms with E-state index in [2.05, 4.69) is 0 Å². The average molecular weight is 324 g/mol. The van der Waals surface area contributed by atoms with Gasteiger partial charge in [0.1, 0.15) is 0 Å². The Labute approximate surface area is 185 Å². The summed E-state index contributed by atoms with van der Waals surface area (Å²) in [7, 11) is 0. The summed E-state index contributed by atoms with van der Waals surface area (Å²) in [6.45, 7) is 6.30. The summed E-state index contributed by atoms with van der Waals surface area (Å²) >= 11 is 0. The topological polar surface area (TPSA) is 121 Å². The molecular formula is C12H22KNaO6. The van der Waals surface area contributed by atoms with Gasteiger partial charge in [0.25, 0.3) is 0 Å². The number of carboxylic acid groups (broad SMARTS) is 2. The first-order chi connectivity index (χ1) is 8.18. The van der Waals surface area contributed by atoms with Crippen LogP contribution in [0.3, 0.4) is 0 Å². The quantitative estimate of drug-likeness (QED) is 0.468. The van der Waals surface area contributed by atoms with E-state index in [4.69, 9.17) is 10.2 Å². The van der Waals surface area contributed by atoms with Gasteiger partial charge >= 0.3 is 80.9 Å². The van der Waals surface area contributed by atoms with Crippen molar-refractivity contribution >= 4 is 11.9 Å². The van der Waals surface area contributed by atoms with Gasteiger partial charge in [-0.3, -0.25) is 0 Å². The molecule has 0 aromatic rings. The van der Waals surface area contributed by atoms with Gasteiger partial charge < -0.3 is 30.0 Å². The molecule has 0 saturated carbocycles. The van der Waals surface area contributed by atoms with Crippen LogP contribution in [-0.2, 0) is 9.59 Å². The molecule has 0 aliphatic rings. The average Bonchev–Trinajstić information content (AvgIpc) is 2.17. The van der Waals surface area contributed by atoms with E-state index in [0.717, 1.165) is 0 Å². The molecular weight excluding hydrogens is 302 g/mol. The Morgan fingerprint density at radius 3 is 1.10 bits per heavy atom. The van der Waals surface area contributed by atoms with E-state index in [9.17, 15) is 19.8 Å². The summed E-state index contributed by atoms with van der Waals surface area (Å²) in [6, 6.07) is 0. The molecule has 0 heterocycles. The maximum atomic E-state index is 10.1. The third-order valence-corrected chi connectivity index (χ3v) is 2.65. The molecule has 0 rings (SSSR count). The van der Waals surface area contributed by atoms with Crippen molar-refractivity contribution in [3.63, 3.8) is 0 Å². The molecule has 0 spiro atoms. The van der Waals surface area contributed by atoms with E-state index in [1.165, 1.54) is 13.8 Å². The Morgan fingerprint density at radius 2 is 1.10 bits per heavy atom. The smallest absolute Gasteiger partial charge is 0.550 e. The summed E-state index contributed by atoms with van der Waals surface area (Å²) < 4.78 is 0. The van der Waals surface area contributed by atoms with Gasteiger partial charge in [0.2, 0.25) is 0 Å². The van der Waals surface area contributed by atoms with Gasteiger partial charge in [-0.05, 0) is 26.7 Å². The van der Waals surface area contributed by atoms with Gasteiger partial charge in [0.15, 0.2) is 0 Å². The summed E-state index contributed by atoms with van der Waals surface area (Å²) in [5.41, 5.74) is 0. The molecule has 0 aromatic carbocycles. The van der Waals surface area contributed by atoms with Crippen molar-refractivity contribution in [3.05, 3.63) is 0 Å². The van der Waals surface area contributed by atoms with Crippen molar-refractivity contribution in [2.75, 3.05) is 0 Å². The second-order valence-electron chi connectivity index (χ2n) is 4.15. The fourth-order valence-corrected chi connectivity index (χ4v) is 1.41. The predicted molar refractivity (Wildman–Crippen MR) is 60.9 cm³/mol. The molecule has 0 aliphatic carbocycles. The Balaban J connectivity index is -0.000000116. The molecule has 8 heteroatoms. The van der Waals surface area contributed by atoms with Crippen LogP contribution in [0.2, 0.25) is 0 Å². The zero-order chi connectivity index (χ0) is 14.9. The van der Waals surface area contributed by atoms with Crippen molar-refractivity contribution in [2.24, 2.45) is 11.8 Å². The minimum absolute atomic E-state index is 0. The van der Waals surface area contributed by atoms with Gasteiger partial charge in [-0.15, -0.1) is 0 Å². The zero-order valence-electron chi connectivity index (χ0n) is 13.3. The van der Waals surface area contributed by atoms with E-state index in [-0.39, 0.29) is 80.9 Å². The van der Waals surface area contributed by atoms with Crippen molar-refractivity contribution in [1.29, 1.82) is 0 Å². The van der Waals surface area contributed by atoms with Crippen LogP contribution in [-0.4, -0.2) is 34.4 Å². The first-order valence-corrected chi connectivity index (χ1v) is 5.96. The number of rotatable bonds is 6. The molecule has 4 atom stereocenters. The molecule has 4 unspecified atom stereocenters. The normalized spacial score (nSPS) is 15.1. The monoisotopic (exact) mass is 324 g/mol. The molecule has 6 nitrogen and oxygen atoms in total. The molecule has 0 saturated heterocycles. The SMILES string of the molecule is CCC(C(=O)[O-])C(C)O.CCC(C(=O)[O-])C(C)O.[K+].[Na+]. The van der Waals surface area contributed by atoms with Crippen LogP contribution in [0.15, 0.2) is 0 Å². The van der Waals surface area contributed by atoms with Crippen molar-refractivity contribution in [1.82, 2.24) is 0 Å². The van der Waals surface area contributed by atoms with Crippen LogP contribution in [0.1, 0.15) is 40.5 Å². The number of carbonyl (C=O) groups is 2. The second-order valence-corrected chi connectivity index (χ2v) is 4.15. The van der Waals surface area contributed by atoms with Crippen molar-refractivity contribution in [2.45, 2.75) is 52.7 Å². The van der Waals surface area contributed by atoms with Crippen LogP contribution in [0.4, 0.5) is 0 Å². The molecule has 0 aliphatic heterocycles. The Kier molecular flexibility index (Phi) is 24.9. The second kappa shape index (κ2) is 16.9. The van der Waals surface area contributed by atoms with Gasteiger partial charge in [0, 0.05) is 23.8 Å². The number of aliphatic hydroxyl groups is 2. The van der Waals surface area contributed by atoms with Crippen molar-refractivity contribution in [3.8, 4) is 0 Å². The Morgan fingerprint density at radius 1 is 0.900 bits per heavy atom. The number of carboxylic acids is 2. The molecule has 0 bridgehead atoms. The summed E-state index contributed by atoms with van der Waals surface area (Å²) in [5, 5.41) is 37.7. The van der Waals surface area contributed by atoms with E-state index in [1.807, 2.05) is 0 Å². The fourth-order valence-electron chi connectivity index (χ4n) is 1.41. The van der Waals surface area contributed by atoms with Crippen molar-refractivity contribution < 1.29 is 111 Å². The first-order valence-electron chi connectivity index (χ1n) is 5.96. The predicted octanol–water partition coefficient (Wildman–Crippen LogP) is -7.71. The zero-order valence-corrected chi connectivity index (χ0v) is 18.4. The first kappa shape index (κ1) is 29.5. The van der Waals surface area contributed by atoms with Gasteiger partial charge in [-0.2, -0.15) is 0 Å². The molecule has 0 amide bonds. The minimum Gasteiger partial charge on any atom is -0.550 e. The Bertz CT molecular complexity index is 234. The number of aliphatic hydroxyl groups excluding tert-OH is 2. The minimum atomic E-state index is -1.17. The molecule has 2 N–H and O–H groups in total. The maximum Gasteiger partial charge on any atom is 1.00 e. The molecule has 0 radical (unpaired) electrons. The van der Waals surface area contributed by atoms with E-state index in [1.54, 1.807) is 13.8 Å². The van der Waals surface area contributed by atoms with Gasteiger partial charge in [0.05, 0.1) is 12.2 Å². The number of hydrogen-bond donors (Lipinski definition) is 2. The van der Waals surface area contributed by atoms with Gasteiger partial charge in [-0.1, -0.05) is 13.8 Å². The standard InChI is InChI=1S/2C6H12O3.K.Na/c2*1-3-5(4(2)7)6(8)9;;/h2*4-5,7H,3H2,1-2H3,(H,8,9);;/q;;2*+1/p-2. The molecule has 0 aromatic heterocycles. The summed E-state index contributed by atoms with van der Waals surface area (Å²) in [5.74, 6) is -3.78. The number of hydrogen-bond acceptors (Lipinski definition) is 6. The van der Waals surface area contributed by atoms with Crippen LogP contribution < -0.4 is 91.2 Å². The molecule has 108 valence electrons. The van der Waals surface area contributed by atoms with E-state index in [0.29, 0.717) is 12.8 Å². The Hall–Kier alpha value is 1.50. The number of aliphatic carboxylic acids is 2. The fraction of sp³-hybridized carbons (Fsp3) is 0.833. The summed E-state index contributed by atoms with van der Waals surface area (Å²) in [6.07, 6.45) is -0.778. The van der Waals surface area contributed by atoms with E-state index >= 15 is 0 Å². The largest absolute Gasteiger partial charge is 1.00 e. The van der Waals surface area contributed by atoms with Crippen LogP contribution in [0.25, 0.3) is 0 Å². The third kappa shape index (κ3) is 14.4. The van der Waals surface area contributed by atoms with Gasteiger partial charge in [-0.25, -0.2) is 0 Å². The van der Waals surface area contributed by atoms with Crippen LogP contribution in [0.5, 0.6) is 0 Å². The summed E-state index contributed by atoms with van der Waals surface area (Å²) in [4.78, 5) is 20.2. The third-order valence-electron chi connectivity index (χ3n) is 2.65. The van der Waals surface area contributed by atoms with Crippen LogP contribution >= 0.6 is 0 Å². The van der Waals surface area contributed by atoms with Crippen LogP contribution in [0, 0.1) is 11.8 Å². The molecule has 20 heavy (non-hydrogen) atoms. The van der Waals surface area contributed by atoms with E-state index < -0.39 is 36.0 Å².